The lowest BCUT2D eigenvalue weighted by Crippen LogP contribution is -2.34. The van der Waals surface area contributed by atoms with Gasteiger partial charge in [0.25, 0.3) is 0 Å². The van der Waals surface area contributed by atoms with Crippen LogP contribution in [-0.4, -0.2) is 37.4 Å². The van der Waals surface area contributed by atoms with Crippen molar-refractivity contribution in [1.29, 1.82) is 0 Å². The summed E-state index contributed by atoms with van der Waals surface area (Å²) in [5, 5.41) is 0. The third-order valence-corrected chi connectivity index (χ3v) is 4.64. The zero-order valence-corrected chi connectivity index (χ0v) is 13.3. The molecule has 0 N–H and O–H groups in total. The first-order chi connectivity index (χ1) is 11.3. The fourth-order valence-corrected chi connectivity index (χ4v) is 3.22. The molecule has 0 unspecified atom stereocenters. The van der Waals surface area contributed by atoms with Gasteiger partial charge in [0.2, 0.25) is 5.95 Å². The summed E-state index contributed by atoms with van der Waals surface area (Å²) < 4.78 is 2.04. The Bertz CT molecular complexity index is 786. The Hall–Kier alpha value is -2.50. The van der Waals surface area contributed by atoms with E-state index < -0.39 is 0 Å². The Kier molecular flexibility index (Phi) is 3.65. The summed E-state index contributed by atoms with van der Waals surface area (Å²) in [5.41, 5.74) is 3.47. The molecule has 0 spiro atoms. The minimum atomic E-state index is 0.482. The van der Waals surface area contributed by atoms with Crippen LogP contribution in [0.2, 0.25) is 0 Å². The van der Waals surface area contributed by atoms with E-state index in [0.29, 0.717) is 5.92 Å². The first-order valence-corrected chi connectivity index (χ1v) is 8.17. The number of aryl methyl sites for hydroxylation is 1. The molecule has 0 aromatic carbocycles. The van der Waals surface area contributed by atoms with Crippen LogP contribution in [0.5, 0.6) is 0 Å². The van der Waals surface area contributed by atoms with Crippen LogP contribution < -0.4 is 4.90 Å². The van der Waals surface area contributed by atoms with E-state index in [4.69, 9.17) is 0 Å². The fourth-order valence-electron chi connectivity index (χ4n) is 3.22. The monoisotopic (exact) mass is 308 g/mol. The van der Waals surface area contributed by atoms with E-state index in [2.05, 4.69) is 31.8 Å². The van der Waals surface area contributed by atoms with Gasteiger partial charge in [0, 0.05) is 43.8 Å². The Labute approximate surface area is 135 Å². The number of rotatable bonds is 3. The predicted octanol–water partition coefficient (Wildman–Crippen LogP) is 2.47. The van der Waals surface area contributed by atoms with Gasteiger partial charge in [0.15, 0.2) is 0 Å². The molecule has 23 heavy (non-hydrogen) atoms. The Morgan fingerprint density at radius 3 is 2.61 bits per heavy atom. The fraction of sp³-hybridized carbons (Fsp3) is 0.412. The average molecular weight is 308 g/mol. The number of imidazole rings is 1. The number of anilines is 1. The molecular formula is C17H20N6. The first-order valence-electron chi connectivity index (χ1n) is 8.17. The number of piperidine rings is 1. The van der Waals surface area contributed by atoms with Crippen LogP contribution in [0.4, 0.5) is 5.95 Å². The highest BCUT2D eigenvalue weighted by Crippen LogP contribution is 2.30. The Balaban J connectivity index is 1.48. The summed E-state index contributed by atoms with van der Waals surface area (Å²) in [5.74, 6) is 1.33. The summed E-state index contributed by atoms with van der Waals surface area (Å²) in [6.45, 7) is 4.05. The topological polar surface area (TPSA) is 59.2 Å². The van der Waals surface area contributed by atoms with Gasteiger partial charge < -0.3 is 9.30 Å². The highest BCUT2D eigenvalue weighted by atomic mass is 15.2. The Morgan fingerprint density at radius 1 is 1.09 bits per heavy atom. The molecule has 6 heteroatoms. The van der Waals surface area contributed by atoms with Crippen LogP contribution in [0.25, 0.3) is 5.52 Å². The van der Waals surface area contributed by atoms with Gasteiger partial charge in [-0.05, 0) is 24.8 Å². The average Bonchev–Trinajstić information content (AvgIpc) is 3.06. The molecule has 0 amide bonds. The Morgan fingerprint density at radius 2 is 1.87 bits per heavy atom. The molecule has 1 saturated heterocycles. The second-order valence-corrected chi connectivity index (χ2v) is 6.00. The van der Waals surface area contributed by atoms with Crippen molar-refractivity contribution in [2.45, 2.75) is 32.1 Å². The highest BCUT2D eigenvalue weighted by Gasteiger charge is 2.25. The summed E-state index contributed by atoms with van der Waals surface area (Å²) in [4.78, 5) is 20.1. The number of nitrogens with zero attached hydrogens (tertiary/aromatic N) is 6. The predicted molar refractivity (Wildman–Crippen MR) is 88.6 cm³/mol. The molecule has 1 aliphatic rings. The summed E-state index contributed by atoms with van der Waals surface area (Å²) in [7, 11) is 0. The van der Waals surface area contributed by atoms with E-state index in [1.165, 1.54) is 11.3 Å². The molecule has 1 aliphatic heterocycles. The van der Waals surface area contributed by atoms with E-state index in [1.807, 2.05) is 35.5 Å². The number of hydrogen-bond acceptors (Lipinski definition) is 5. The van der Waals surface area contributed by atoms with Gasteiger partial charge >= 0.3 is 0 Å². The largest absolute Gasteiger partial charge is 0.341 e. The molecule has 1 fully saturated rings. The molecule has 0 aliphatic carbocycles. The number of fused-ring (bicyclic) bond motifs is 1. The second-order valence-electron chi connectivity index (χ2n) is 6.00. The van der Waals surface area contributed by atoms with Crippen molar-refractivity contribution in [3.05, 3.63) is 48.6 Å². The third-order valence-electron chi connectivity index (χ3n) is 4.64. The lowest BCUT2D eigenvalue weighted by atomic mass is 9.93. The van der Waals surface area contributed by atoms with E-state index in [9.17, 15) is 0 Å². The molecular weight excluding hydrogens is 288 g/mol. The molecule has 0 radical (unpaired) electrons. The molecule has 3 aromatic heterocycles. The number of hydrogen-bond donors (Lipinski definition) is 0. The van der Waals surface area contributed by atoms with E-state index in [-0.39, 0.29) is 0 Å². The summed E-state index contributed by atoms with van der Waals surface area (Å²) >= 11 is 0. The van der Waals surface area contributed by atoms with Crippen LogP contribution in [0.3, 0.4) is 0 Å². The van der Waals surface area contributed by atoms with Crippen molar-refractivity contribution in [1.82, 2.24) is 24.3 Å². The van der Waals surface area contributed by atoms with Crippen molar-refractivity contribution in [3.63, 3.8) is 0 Å². The van der Waals surface area contributed by atoms with Crippen molar-refractivity contribution in [2.75, 3.05) is 18.0 Å². The van der Waals surface area contributed by atoms with Gasteiger partial charge in [-0.2, -0.15) is 0 Å². The molecule has 6 nitrogen and oxygen atoms in total. The van der Waals surface area contributed by atoms with Crippen LogP contribution in [0, 0.1) is 0 Å². The zero-order valence-electron chi connectivity index (χ0n) is 13.3. The van der Waals surface area contributed by atoms with E-state index >= 15 is 0 Å². The molecule has 118 valence electrons. The van der Waals surface area contributed by atoms with Crippen molar-refractivity contribution < 1.29 is 0 Å². The van der Waals surface area contributed by atoms with Gasteiger partial charge in [-0.15, -0.1) is 0 Å². The van der Waals surface area contributed by atoms with Crippen molar-refractivity contribution in [3.8, 4) is 0 Å². The minimum absolute atomic E-state index is 0.482. The van der Waals surface area contributed by atoms with Gasteiger partial charge in [0.1, 0.15) is 0 Å². The first kappa shape index (κ1) is 14.1. The maximum Gasteiger partial charge on any atom is 0.225 e. The quantitative estimate of drug-likeness (QED) is 0.744. The van der Waals surface area contributed by atoms with Gasteiger partial charge in [-0.1, -0.05) is 6.92 Å². The number of aromatic nitrogens is 5. The van der Waals surface area contributed by atoms with Gasteiger partial charge in [0.05, 0.1) is 23.7 Å². The van der Waals surface area contributed by atoms with Crippen molar-refractivity contribution in [2.24, 2.45) is 0 Å². The summed E-state index contributed by atoms with van der Waals surface area (Å²) in [6.07, 6.45) is 14.5. The lowest BCUT2D eigenvalue weighted by Gasteiger charge is -2.31. The SMILES string of the molecule is CCc1cnc(N2CCC(c3ncn4ccncc34)CC2)nc1. The second kappa shape index (κ2) is 5.95. The molecule has 4 rings (SSSR count). The highest BCUT2D eigenvalue weighted by molar-refractivity contribution is 5.51. The van der Waals surface area contributed by atoms with Crippen LogP contribution >= 0.6 is 0 Å². The van der Waals surface area contributed by atoms with Crippen LogP contribution in [0.1, 0.15) is 36.9 Å². The molecule has 3 aromatic rings. The maximum absolute atomic E-state index is 4.61. The van der Waals surface area contributed by atoms with E-state index in [1.54, 1.807) is 6.20 Å². The normalized spacial score (nSPS) is 16.1. The van der Waals surface area contributed by atoms with E-state index in [0.717, 1.165) is 43.8 Å². The lowest BCUT2D eigenvalue weighted by molar-refractivity contribution is 0.494. The third kappa shape index (κ3) is 2.65. The smallest absolute Gasteiger partial charge is 0.225 e. The molecule has 0 saturated carbocycles. The molecule has 4 heterocycles. The van der Waals surface area contributed by atoms with Crippen molar-refractivity contribution >= 4 is 11.5 Å². The van der Waals surface area contributed by atoms with Crippen LogP contribution in [-0.2, 0) is 6.42 Å². The maximum atomic E-state index is 4.61. The van der Waals surface area contributed by atoms with Crippen LogP contribution in [0.15, 0.2) is 37.3 Å². The van der Waals surface area contributed by atoms with Gasteiger partial charge in [-0.25, -0.2) is 15.0 Å². The minimum Gasteiger partial charge on any atom is -0.341 e. The molecule has 0 bridgehead atoms. The standard InChI is InChI=1S/C17H20N6/c1-2-13-9-19-17(20-10-13)22-6-3-14(4-7-22)16-15-11-18-5-8-23(15)12-21-16/h5,8-12,14H,2-4,6-7H2,1H3. The zero-order chi connectivity index (χ0) is 15.6. The summed E-state index contributed by atoms with van der Waals surface area (Å²) in [6, 6.07) is 0. The molecule has 0 atom stereocenters. The van der Waals surface area contributed by atoms with Gasteiger partial charge in [-0.3, -0.25) is 4.98 Å².